The van der Waals surface area contributed by atoms with Gasteiger partial charge in [0.1, 0.15) is 10.8 Å². The van der Waals surface area contributed by atoms with E-state index in [0.29, 0.717) is 23.0 Å². The summed E-state index contributed by atoms with van der Waals surface area (Å²) >= 11 is 5.90. The molecule has 2 heterocycles. The minimum Gasteiger partial charge on any atom is -0.368 e. The Labute approximate surface area is 161 Å². The van der Waals surface area contributed by atoms with Crippen molar-refractivity contribution in [3.05, 3.63) is 47.6 Å². The molecule has 0 aliphatic rings. The maximum atomic E-state index is 12.3. The van der Waals surface area contributed by atoms with Crippen LogP contribution < -0.4 is 11.1 Å². The average Bonchev–Trinajstić information content (AvgIpc) is 2.61. The first-order valence-electron chi connectivity index (χ1n) is 8.12. The van der Waals surface area contributed by atoms with Crippen molar-refractivity contribution in [1.29, 1.82) is 0 Å². The van der Waals surface area contributed by atoms with E-state index in [1.807, 2.05) is 6.92 Å². The fourth-order valence-electron chi connectivity index (χ4n) is 2.38. The lowest BCUT2D eigenvalue weighted by molar-refractivity contribution is 0.595. The van der Waals surface area contributed by atoms with Gasteiger partial charge in [0, 0.05) is 5.69 Å². The molecule has 8 nitrogen and oxygen atoms in total. The molecule has 27 heavy (non-hydrogen) atoms. The molecule has 3 N–H and O–H groups in total. The molecule has 10 heteroatoms. The molecule has 3 rings (SSSR count). The molecule has 0 fully saturated rings. The number of nitrogen functional groups attached to an aromatic ring is 1. The van der Waals surface area contributed by atoms with Crippen molar-refractivity contribution in [3.8, 4) is 11.5 Å². The summed E-state index contributed by atoms with van der Waals surface area (Å²) in [6, 6.07) is 11.5. The van der Waals surface area contributed by atoms with Gasteiger partial charge in [0.05, 0.1) is 10.6 Å². The van der Waals surface area contributed by atoms with Crippen LogP contribution in [0.5, 0.6) is 0 Å². The van der Waals surface area contributed by atoms with Gasteiger partial charge in [-0.1, -0.05) is 30.7 Å². The van der Waals surface area contributed by atoms with E-state index in [2.05, 4.69) is 25.3 Å². The molecule has 0 bridgehead atoms. The normalized spacial score (nSPS) is 11.3. The topological polar surface area (TPSA) is 124 Å². The van der Waals surface area contributed by atoms with Crippen molar-refractivity contribution < 1.29 is 8.42 Å². The van der Waals surface area contributed by atoms with Gasteiger partial charge in [0.25, 0.3) is 0 Å². The first-order valence-corrected chi connectivity index (χ1v) is 10.1. The first-order chi connectivity index (χ1) is 12.9. The zero-order valence-corrected chi connectivity index (χ0v) is 16.0. The van der Waals surface area contributed by atoms with E-state index in [1.165, 1.54) is 6.07 Å². The Morgan fingerprint density at radius 1 is 1.07 bits per heavy atom. The second kappa shape index (κ2) is 7.85. The Balaban J connectivity index is 1.93. The van der Waals surface area contributed by atoms with E-state index >= 15 is 0 Å². The van der Waals surface area contributed by atoms with E-state index in [9.17, 15) is 8.42 Å². The minimum absolute atomic E-state index is 0.000894. The quantitative estimate of drug-likeness (QED) is 0.600. The maximum absolute atomic E-state index is 12.3. The number of hydrogen-bond donors (Lipinski definition) is 2. The monoisotopic (exact) mass is 404 g/mol. The van der Waals surface area contributed by atoms with Crippen molar-refractivity contribution in [3.63, 3.8) is 0 Å². The van der Waals surface area contributed by atoms with Gasteiger partial charge in [0.2, 0.25) is 11.9 Å². The van der Waals surface area contributed by atoms with Crippen LogP contribution in [0.15, 0.2) is 47.4 Å². The number of anilines is 3. The molecule has 0 saturated heterocycles. The van der Waals surface area contributed by atoms with Crippen molar-refractivity contribution in [2.45, 2.75) is 18.2 Å². The number of nitrogens with zero attached hydrogens (tertiary/aromatic N) is 4. The van der Waals surface area contributed by atoms with Gasteiger partial charge in [-0.2, -0.15) is 15.0 Å². The minimum atomic E-state index is -3.33. The Morgan fingerprint density at radius 3 is 2.59 bits per heavy atom. The second-order valence-corrected chi connectivity index (χ2v) is 8.15. The third-order valence-electron chi connectivity index (χ3n) is 3.52. The zero-order valence-electron chi connectivity index (χ0n) is 14.4. The van der Waals surface area contributed by atoms with Crippen LogP contribution in [0.4, 0.5) is 17.6 Å². The smallest absolute Gasteiger partial charge is 0.232 e. The number of nitrogens with one attached hydrogen (secondary N) is 1. The van der Waals surface area contributed by atoms with Crippen molar-refractivity contribution >= 4 is 39.0 Å². The standard InChI is InChI=1S/C17H17ClN6O2S/c1-2-9-27(25,26)12-6-3-5-11(10-12)20-17-23-15(22-16(19)24-17)13-7-4-8-14(18)21-13/h3-8,10H,2,9H2,1H3,(H3,19,20,22,23,24). The van der Waals surface area contributed by atoms with Crippen LogP contribution in [-0.4, -0.2) is 34.1 Å². The summed E-state index contributed by atoms with van der Waals surface area (Å²) in [6.45, 7) is 1.82. The van der Waals surface area contributed by atoms with E-state index < -0.39 is 9.84 Å². The molecule has 2 aromatic heterocycles. The summed E-state index contributed by atoms with van der Waals surface area (Å²) in [5.74, 6) is 0.505. The lowest BCUT2D eigenvalue weighted by Gasteiger charge is -2.09. The predicted molar refractivity (Wildman–Crippen MR) is 105 cm³/mol. The second-order valence-electron chi connectivity index (χ2n) is 5.66. The van der Waals surface area contributed by atoms with Gasteiger partial charge < -0.3 is 11.1 Å². The molecular weight excluding hydrogens is 388 g/mol. The van der Waals surface area contributed by atoms with Crippen LogP contribution in [0, 0.1) is 0 Å². The number of aromatic nitrogens is 4. The van der Waals surface area contributed by atoms with Crippen molar-refractivity contribution in [1.82, 2.24) is 19.9 Å². The van der Waals surface area contributed by atoms with Gasteiger partial charge >= 0.3 is 0 Å². The molecule has 0 spiro atoms. The third-order valence-corrected chi connectivity index (χ3v) is 5.65. The van der Waals surface area contributed by atoms with Gasteiger partial charge in [-0.3, -0.25) is 0 Å². The largest absolute Gasteiger partial charge is 0.368 e. The highest BCUT2D eigenvalue weighted by molar-refractivity contribution is 7.91. The van der Waals surface area contributed by atoms with Gasteiger partial charge in [0.15, 0.2) is 15.7 Å². The van der Waals surface area contributed by atoms with Crippen LogP contribution in [-0.2, 0) is 9.84 Å². The summed E-state index contributed by atoms with van der Waals surface area (Å²) in [5, 5.41) is 3.26. The Morgan fingerprint density at radius 2 is 1.85 bits per heavy atom. The van der Waals surface area contributed by atoms with Crippen molar-refractivity contribution in [2.24, 2.45) is 0 Å². The lowest BCUT2D eigenvalue weighted by atomic mass is 10.3. The molecule has 0 saturated carbocycles. The Hall–Kier alpha value is -2.78. The molecule has 140 valence electrons. The molecular formula is C17H17ClN6O2S. The highest BCUT2D eigenvalue weighted by atomic mass is 35.5. The first kappa shape index (κ1) is 19.0. The summed E-state index contributed by atoms with van der Waals surface area (Å²) in [6.07, 6.45) is 0.542. The number of halogens is 1. The van der Waals surface area contributed by atoms with Crippen LogP contribution >= 0.6 is 11.6 Å². The molecule has 0 atom stereocenters. The number of benzene rings is 1. The van der Waals surface area contributed by atoms with E-state index in [-0.39, 0.29) is 28.4 Å². The van der Waals surface area contributed by atoms with Crippen LogP contribution in [0.3, 0.4) is 0 Å². The third kappa shape index (κ3) is 4.69. The van der Waals surface area contributed by atoms with E-state index in [1.54, 1.807) is 36.4 Å². The number of pyridine rings is 1. The average molecular weight is 405 g/mol. The number of nitrogens with two attached hydrogens (primary N) is 1. The molecule has 0 amide bonds. The van der Waals surface area contributed by atoms with E-state index in [0.717, 1.165) is 0 Å². The molecule has 1 aromatic carbocycles. The van der Waals surface area contributed by atoms with Crippen molar-refractivity contribution in [2.75, 3.05) is 16.8 Å². The zero-order chi connectivity index (χ0) is 19.4. The fraction of sp³-hybridized carbons (Fsp3) is 0.176. The van der Waals surface area contributed by atoms with E-state index in [4.69, 9.17) is 17.3 Å². The van der Waals surface area contributed by atoms with Crippen LogP contribution in [0.1, 0.15) is 13.3 Å². The number of sulfone groups is 1. The Kier molecular flexibility index (Phi) is 5.52. The summed E-state index contributed by atoms with van der Waals surface area (Å²) < 4.78 is 24.5. The number of rotatable bonds is 6. The van der Waals surface area contributed by atoms with Crippen LogP contribution in [0.2, 0.25) is 5.15 Å². The number of hydrogen-bond acceptors (Lipinski definition) is 8. The summed E-state index contributed by atoms with van der Waals surface area (Å²) in [4.78, 5) is 16.8. The SMILES string of the molecule is CCCS(=O)(=O)c1cccc(Nc2nc(N)nc(-c3cccc(Cl)n3)n2)c1. The molecule has 0 unspecified atom stereocenters. The molecule has 3 aromatic rings. The maximum Gasteiger partial charge on any atom is 0.232 e. The van der Waals surface area contributed by atoms with Gasteiger partial charge in [-0.05, 0) is 36.8 Å². The highest BCUT2D eigenvalue weighted by Gasteiger charge is 2.14. The van der Waals surface area contributed by atoms with Gasteiger partial charge in [-0.15, -0.1) is 0 Å². The predicted octanol–water partition coefficient (Wildman–Crippen LogP) is 3.10. The molecule has 0 aliphatic heterocycles. The van der Waals surface area contributed by atoms with Gasteiger partial charge in [-0.25, -0.2) is 13.4 Å². The summed E-state index contributed by atoms with van der Waals surface area (Å²) in [5.41, 5.74) is 6.73. The van der Waals surface area contributed by atoms with Crippen LogP contribution in [0.25, 0.3) is 11.5 Å². The summed E-state index contributed by atoms with van der Waals surface area (Å²) in [7, 11) is -3.33. The lowest BCUT2D eigenvalue weighted by Crippen LogP contribution is -2.08. The molecule has 0 aliphatic carbocycles. The fourth-order valence-corrected chi connectivity index (χ4v) is 3.91. The molecule has 0 radical (unpaired) electrons. The highest BCUT2D eigenvalue weighted by Crippen LogP contribution is 2.22. The Bertz CT molecular complexity index is 1070.